The Morgan fingerprint density at radius 1 is 1.43 bits per heavy atom. The highest BCUT2D eigenvalue weighted by Gasteiger charge is 2.21. The van der Waals surface area contributed by atoms with E-state index in [9.17, 15) is 4.79 Å². The van der Waals surface area contributed by atoms with Crippen molar-refractivity contribution in [2.24, 2.45) is 7.05 Å². The summed E-state index contributed by atoms with van der Waals surface area (Å²) in [6.07, 6.45) is 0.710. The second-order valence-electron chi connectivity index (χ2n) is 6.10. The smallest absolute Gasteiger partial charge is 0.227 e. The van der Waals surface area contributed by atoms with Crippen molar-refractivity contribution in [3.8, 4) is 0 Å². The molecule has 0 unspecified atom stereocenters. The Labute approximate surface area is 123 Å². The lowest BCUT2D eigenvalue weighted by Gasteiger charge is -2.10. The molecule has 0 spiro atoms. The molecule has 0 atom stereocenters. The van der Waals surface area contributed by atoms with Crippen LogP contribution in [0.3, 0.4) is 0 Å². The molecule has 0 aliphatic carbocycles. The van der Waals surface area contributed by atoms with Gasteiger partial charge in [-0.2, -0.15) is 10.1 Å². The number of nitrogens with zero attached hydrogens (tertiary/aromatic N) is 4. The predicted octanol–water partition coefficient (Wildman–Crippen LogP) is 1.98. The summed E-state index contributed by atoms with van der Waals surface area (Å²) >= 11 is 0. The van der Waals surface area contributed by atoms with Crippen LogP contribution in [0.2, 0.25) is 0 Å². The quantitative estimate of drug-likeness (QED) is 0.931. The van der Waals surface area contributed by atoms with Gasteiger partial charge in [-0.25, -0.2) is 0 Å². The Kier molecular flexibility index (Phi) is 4.11. The van der Waals surface area contributed by atoms with E-state index < -0.39 is 0 Å². The third-order valence-corrected chi connectivity index (χ3v) is 2.97. The fraction of sp³-hybridized carbons (Fsp3) is 0.571. The number of carbonyl (C=O) groups excluding carboxylic acids is 1. The van der Waals surface area contributed by atoms with E-state index in [0.717, 1.165) is 5.69 Å². The van der Waals surface area contributed by atoms with Crippen molar-refractivity contribution in [2.45, 2.75) is 46.0 Å². The molecule has 0 fully saturated rings. The fourth-order valence-electron chi connectivity index (χ4n) is 1.81. The van der Waals surface area contributed by atoms with Gasteiger partial charge in [-0.3, -0.25) is 9.48 Å². The van der Waals surface area contributed by atoms with Gasteiger partial charge >= 0.3 is 0 Å². The van der Waals surface area contributed by atoms with Crippen LogP contribution in [0.5, 0.6) is 0 Å². The van der Waals surface area contributed by atoms with Gasteiger partial charge in [-0.05, 0) is 6.92 Å². The van der Waals surface area contributed by atoms with Crippen LogP contribution in [0.1, 0.15) is 44.6 Å². The fourth-order valence-corrected chi connectivity index (χ4v) is 1.81. The van der Waals surface area contributed by atoms with Gasteiger partial charge < -0.3 is 9.84 Å². The molecule has 1 amide bonds. The molecule has 2 aromatic heterocycles. The minimum Gasteiger partial charge on any atom is -0.339 e. The van der Waals surface area contributed by atoms with Crippen molar-refractivity contribution >= 4 is 11.7 Å². The predicted molar refractivity (Wildman–Crippen MR) is 77.9 cm³/mol. The minimum atomic E-state index is -0.157. The first-order valence-electron chi connectivity index (χ1n) is 6.89. The molecular weight excluding hydrogens is 270 g/mol. The van der Waals surface area contributed by atoms with Crippen LogP contribution in [0.15, 0.2) is 10.6 Å². The number of hydrogen-bond acceptors (Lipinski definition) is 5. The Morgan fingerprint density at radius 2 is 2.14 bits per heavy atom. The van der Waals surface area contributed by atoms with Crippen molar-refractivity contribution in [2.75, 3.05) is 5.32 Å². The molecule has 0 bridgehead atoms. The van der Waals surface area contributed by atoms with Gasteiger partial charge in [0.05, 0.1) is 5.69 Å². The number of aryl methyl sites for hydroxylation is 3. The van der Waals surface area contributed by atoms with Crippen LogP contribution >= 0.6 is 0 Å². The zero-order valence-electron chi connectivity index (χ0n) is 13.1. The number of aromatic nitrogens is 4. The summed E-state index contributed by atoms with van der Waals surface area (Å²) in [5.74, 6) is 1.71. The normalized spacial score (nSPS) is 11.7. The van der Waals surface area contributed by atoms with E-state index >= 15 is 0 Å². The van der Waals surface area contributed by atoms with E-state index in [0.29, 0.717) is 24.0 Å². The summed E-state index contributed by atoms with van der Waals surface area (Å²) < 4.78 is 6.80. The van der Waals surface area contributed by atoms with Crippen LogP contribution in [0.25, 0.3) is 0 Å². The van der Waals surface area contributed by atoms with Gasteiger partial charge in [0.15, 0.2) is 5.82 Å². The topological polar surface area (TPSA) is 85.8 Å². The number of rotatable bonds is 4. The molecule has 0 aliphatic rings. The Balaban J connectivity index is 1.89. The van der Waals surface area contributed by atoms with Crippen molar-refractivity contribution in [3.05, 3.63) is 23.5 Å². The summed E-state index contributed by atoms with van der Waals surface area (Å²) in [6.45, 7) is 7.92. The van der Waals surface area contributed by atoms with E-state index in [2.05, 4.69) is 20.6 Å². The third-order valence-electron chi connectivity index (χ3n) is 2.97. The second-order valence-corrected chi connectivity index (χ2v) is 6.10. The lowest BCUT2D eigenvalue weighted by atomic mass is 9.96. The number of hydrogen-bond donors (Lipinski definition) is 1. The second kappa shape index (κ2) is 5.67. The maximum Gasteiger partial charge on any atom is 0.227 e. The first kappa shape index (κ1) is 15.2. The van der Waals surface area contributed by atoms with Crippen LogP contribution in [0.4, 0.5) is 5.82 Å². The SMILES string of the molecule is Cc1cc(NC(=O)CCc2nc(C(C)(C)C)no2)n(C)n1. The lowest BCUT2D eigenvalue weighted by molar-refractivity contribution is -0.116. The highest BCUT2D eigenvalue weighted by Crippen LogP contribution is 2.18. The van der Waals surface area contributed by atoms with Crippen LogP contribution in [0, 0.1) is 6.92 Å². The highest BCUT2D eigenvalue weighted by molar-refractivity contribution is 5.89. The van der Waals surface area contributed by atoms with Crippen molar-refractivity contribution < 1.29 is 9.32 Å². The van der Waals surface area contributed by atoms with Crippen molar-refractivity contribution in [3.63, 3.8) is 0 Å². The minimum absolute atomic E-state index is 0.103. The maximum atomic E-state index is 11.9. The molecule has 0 radical (unpaired) electrons. The van der Waals surface area contributed by atoms with E-state index in [1.165, 1.54) is 0 Å². The van der Waals surface area contributed by atoms with Gasteiger partial charge in [0.1, 0.15) is 5.82 Å². The molecule has 0 saturated heterocycles. The Morgan fingerprint density at radius 3 is 2.67 bits per heavy atom. The molecule has 21 heavy (non-hydrogen) atoms. The summed E-state index contributed by atoms with van der Waals surface area (Å²) in [5.41, 5.74) is 0.704. The van der Waals surface area contributed by atoms with E-state index in [1.807, 2.05) is 33.8 Å². The number of nitrogens with one attached hydrogen (secondary N) is 1. The molecule has 2 rings (SSSR count). The molecule has 1 N–H and O–H groups in total. The first-order chi connectivity index (χ1) is 9.75. The van der Waals surface area contributed by atoms with Gasteiger partial charge in [-0.1, -0.05) is 25.9 Å². The number of anilines is 1. The third kappa shape index (κ3) is 3.90. The summed E-state index contributed by atoms with van der Waals surface area (Å²) in [7, 11) is 1.79. The van der Waals surface area contributed by atoms with Gasteiger partial charge in [0.2, 0.25) is 11.8 Å². The van der Waals surface area contributed by atoms with Crippen molar-refractivity contribution in [1.82, 2.24) is 19.9 Å². The lowest BCUT2D eigenvalue weighted by Crippen LogP contribution is -2.15. The largest absolute Gasteiger partial charge is 0.339 e. The molecular formula is C14H21N5O2. The number of amides is 1. The molecule has 0 aliphatic heterocycles. The molecule has 0 aromatic carbocycles. The molecule has 2 heterocycles. The van der Waals surface area contributed by atoms with E-state index in [4.69, 9.17) is 4.52 Å². The molecule has 114 valence electrons. The average Bonchev–Trinajstić information content (AvgIpc) is 2.94. The highest BCUT2D eigenvalue weighted by atomic mass is 16.5. The van der Waals surface area contributed by atoms with Crippen LogP contribution in [-0.4, -0.2) is 25.8 Å². The molecule has 0 saturated carbocycles. The van der Waals surface area contributed by atoms with Crippen LogP contribution in [-0.2, 0) is 23.7 Å². The van der Waals surface area contributed by atoms with Crippen molar-refractivity contribution in [1.29, 1.82) is 0 Å². The van der Waals surface area contributed by atoms with Gasteiger partial charge in [0, 0.05) is 31.4 Å². The zero-order valence-corrected chi connectivity index (χ0v) is 13.1. The average molecular weight is 291 g/mol. The Hall–Kier alpha value is -2.18. The molecule has 2 aromatic rings. The standard InChI is InChI=1S/C14H21N5O2/c1-9-8-10(19(5)17-9)15-11(20)6-7-12-16-13(18-21-12)14(2,3)4/h8H,6-7H2,1-5H3,(H,15,20). The molecule has 7 nitrogen and oxygen atoms in total. The summed E-state index contributed by atoms with van der Waals surface area (Å²) in [5, 5.41) is 10.9. The zero-order chi connectivity index (χ0) is 15.6. The van der Waals surface area contributed by atoms with E-state index in [-0.39, 0.29) is 17.7 Å². The molecule has 7 heteroatoms. The van der Waals surface area contributed by atoms with Gasteiger partial charge in [0.25, 0.3) is 0 Å². The maximum absolute atomic E-state index is 11.9. The summed E-state index contributed by atoms with van der Waals surface area (Å²) in [4.78, 5) is 16.2. The number of carbonyl (C=O) groups is 1. The van der Waals surface area contributed by atoms with E-state index in [1.54, 1.807) is 11.7 Å². The van der Waals surface area contributed by atoms with Crippen LogP contribution < -0.4 is 5.32 Å². The monoisotopic (exact) mass is 291 g/mol. The van der Waals surface area contributed by atoms with Gasteiger partial charge in [-0.15, -0.1) is 0 Å². The summed E-state index contributed by atoms with van der Waals surface area (Å²) in [6, 6.07) is 1.82. The Bertz CT molecular complexity index is 636. The first-order valence-corrected chi connectivity index (χ1v) is 6.89.